The van der Waals surface area contributed by atoms with E-state index >= 15 is 0 Å². The molecule has 148 valence electrons. The van der Waals surface area contributed by atoms with Gasteiger partial charge in [-0.05, 0) is 18.1 Å². The number of hydroxylamine groups is 2. The van der Waals surface area contributed by atoms with Crippen molar-refractivity contribution < 1.29 is 18.5 Å². The van der Waals surface area contributed by atoms with Gasteiger partial charge in [0.15, 0.2) is 20.5 Å². The van der Waals surface area contributed by atoms with Crippen LogP contribution in [0.5, 0.6) is 0 Å². The molecule has 0 saturated carbocycles. The van der Waals surface area contributed by atoms with Crippen molar-refractivity contribution in [3.63, 3.8) is 0 Å². The lowest BCUT2D eigenvalue weighted by molar-refractivity contribution is -0.106. The molecule has 8 heteroatoms. The molecular weight excluding hydrogens is 362 g/mol. The lowest BCUT2D eigenvalue weighted by Gasteiger charge is -2.38. The molecule has 2 bridgehead atoms. The number of nitrogens with zero attached hydrogens (tertiary/aromatic N) is 3. The van der Waals surface area contributed by atoms with Crippen LogP contribution < -0.4 is 0 Å². The first-order valence-corrected chi connectivity index (χ1v) is 12.1. The highest BCUT2D eigenvalue weighted by Crippen LogP contribution is 2.39. The smallest absolute Gasteiger partial charge is 0.345 e. The molecule has 27 heavy (non-hydrogen) atoms. The quantitative estimate of drug-likeness (QED) is 0.524. The summed E-state index contributed by atoms with van der Waals surface area (Å²) in [6.07, 6.45) is 6.74. The van der Waals surface area contributed by atoms with Gasteiger partial charge in [-0.25, -0.2) is 9.78 Å². The van der Waals surface area contributed by atoms with Gasteiger partial charge in [0.2, 0.25) is 0 Å². The molecule has 0 N–H and O–H groups in total. The van der Waals surface area contributed by atoms with Gasteiger partial charge in [-0.2, -0.15) is 5.06 Å². The number of hydrogen-bond donors (Lipinski definition) is 0. The number of amides is 2. The Kier molecular flexibility index (Phi) is 5.33. The molecule has 0 aromatic carbocycles. The van der Waals surface area contributed by atoms with E-state index in [-0.39, 0.29) is 29.8 Å². The average molecular weight is 392 g/mol. The predicted octanol–water partition coefficient (Wildman–Crippen LogP) is 3.69. The van der Waals surface area contributed by atoms with Crippen LogP contribution in [0.25, 0.3) is 5.57 Å². The van der Waals surface area contributed by atoms with Gasteiger partial charge in [-0.3, -0.25) is 4.84 Å². The fourth-order valence-electron chi connectivity index (χ4n) is 3.04. The number of rotatable bonds is 7. The Morgan fingerprint density at radius 3 is 2.78 bits per heavy atom. The second kappa shape index (κ2) is 7.25. The van der Waals surface area contributed by atoms with E-state index in [9.17, 15) is 4.79 Å². The van der Waals surface area contributed by atoms with Crippen molar-refractivity contribution in [1.82, 2.24) is 14.9 Å². The van der Waals surface area contributed by atoms with Crippen LogP contribution in [0.2, 0.25) is 18.1 Å². The van der Waals surface area contributed by atoms with Crippen LogP contribution >= 0.6 is 0 Å². The molecule has 0 radical (unpaired) electrons. The zero-order valence-electron chi connectivity index (χ0n) is 16.8. The number of hydrogen-bond acceptors (Lipinski definition) is 5. The molecule has 1 aromatic heterocycles. The van der Waals surface area contributed by atoms with Crippen LogP contribution in [0.15, 0.2) is 35.7 Å². The van der Waals surface area contributed by atoms with Crippen LogP contribution in [0, 0.1) is 0 Å². The second-order valence-corrected chi connectivity index (χ2v) is 13.3. The maximum atomic E-state index is 12.9. The highest BCUT2D eigenvalue weighted by atomic mass is 28.4. The third-order valence-corrected chi connectivity index (χ3v) is 10.2. The third-order valence-electron chi connectivity index (χ3n) is 5.69. The van der Waals surface area contributed by atoms with Gasteiger partial charge in [0.05, 0.1) is 32.0 Å². The summed E-state index contributed by atoms with van der Waals surface area (Å²) in [6, 6.07) is -0.550. The van der Waals surface area contributed by atoms with Gasteiger partial charge in [0.25, 0.3) is 0 Å². The van der Waals surface area contributed by atoms with Gasteiger partial charge in [0, 0.05) is 5.57 Å². The first-order chi connectivity index (χ1) is 12.7. The molecule has 0 aliphatic carbocycles. The fraction of sp³-hybridized carbons (Fsp3) is 0.579. The molecule has 2 amide bonds. The van der Waals surface area contributed by atoms with E-state index in [1.54, 1.807) is 17.2 Å². The number of aromatic nitrogens is 1. The van der Waals surface area contributed by atoms with Crippen LogP contribution in [-0.2, 0) is 9.26 Å². The van der Waals surface area contributed by atoms with E-state index in [2.05, 4.69) is 51.5 Å². The lowest BCUT2D eigenvalue weighted by atomic mass is 9.98. The Morgan fingerprint density at radius 2 is 2.19 bits per heavy atom. The molecule has 2 aliphatic heterocycles. The first-order valence-electron chi connectivity index (χ1n) is 9.24. The maximum absolute atomic E-state index is 12.9. The van der Waals surface area contributed by atoms with E-state index in [1.807, 2.05) is 0 Å². The van der Waals surface area contributed by atoms with Gasteiger partial charge in [0.1, 0.15) is 6.04 Å². The molecule has 0 unspecified atom stereocenters. The number of urea groups is 1. The van der Waals surface area contributed by atoms with Gasteiger partial charge < -0.3 is 13.7 Å². The molecule has 3 heterocycles. The van der Waals surface area contributed by atoms with Crippen LogP contribution in [0.1, 0.15) is 26.5 Å². The van der Waals surface area contributed by atoms with Crippen molar-refractivity contribution in [3.05, 3.63) is 37.1 Å². The molecule has 0 spiro atoms. The van der Waals surface area contributed by atoms with Crippen molar-refractivity contribution in [2.45, 2.75) is 51.0 Å². The Hall–Kier alpha value is -1.90. The molecule has 1 fully saturated rings. The third kappa shape index (κ3) is 3.74. The number of oxazole rings is 1. The van der Waals surface area contributed by atoms with Crippen LogP contribution in [0.4, 0.5) is 4.79 Å². The molecule has 2 atom stereocenters. The normalized spacial score (nSPS) is 23.0. The summed E-state index contributed by atoms with van der Waals surface area (Å²) in [6.45, 7) is 16.0. The van der Waals surface area contributed by atoms with Crippen LogP contribution in [0.3, 0.4) is 0 Å². The summed E-state index contributed by atoms with van der Waals surface area (Å²) >= 11 is 0. The molecular formula is C19H29N3O4Si. The van der Waals surface area contributed by atoms with E-state index < -0.39 is 8.32 Å². The topological polar surface area (TPSA) is 68.0 Å². The van der Waals surface area contributed by atoms with E-state index in [1.165, 1.54) is 11.5 Å². The fourth-order valence-corrected chi connectivity index (χ4v) is 4.06. The van der Waals surface area contributed by atoms with Gasteiger partial charge in [-0.1, -0.05) is 32.9 Å². The summed E-state index contributed by atoms with van der Waals surface area (Å²) in [5.74, 6) is 0.652. The van der Waals surface area contributed by atoms with Crippen molar-refractivity contribution in [1.29, 1.82) is 0 Å². The second-order valence-electron chi connectivity index (χ2n) is 8.49. The summed E-state index contributed by atoms with van der Waals surface area (Å²) < 4.78 is 11.9. The van der Waals surface area contributed by atoms with Crippen molar-refractivity contribution in [2.75, 3.05) is 19.8 Å². The van der Waals surface area contributed by atoms with Crippen molar-refractivity contribution in [3.8, 4) is 0 Å². The van der Waals surface area contributed by atoms with Crippen LogP contribution in [-0.4, -0.2) is 61.1 Å². The summed E-state index contributed by atoms with van der Waals surface area (Å²) in [4.78, 5) is 24.4. The van der Waals surface area contributed by atoms with Crippen molar-refractivity contribution >= 4 is 19.9 Å². The highest BCUT2D eigenvalue weighted by Gasteiger charge is 2.48. The first kappa shape index (κ1) is 19.8. The molecule has 7 nitrogen and oxygen atoms in total. The Labute approximate surface area is 161 Å². The van der Waals surface area contributed by atoms with Crippen molar-refractivity contribution in [2.24, 2.45) is 0 Å². The summed E-state index contributed by atoms with van der Waals surface area (Å²) in [7, 11) is -1.93. The maximum Gasteiger partial charge on any atom is 0.345 e. The summed E-state index contributed by atoms with van der Waals surface area (Å²) in [5.41, 5.74) is 0.905. The monoisotopic (exact) mass is 391 g/mol. The Morgan fingerprint density at radius 1 is 1.44 bits per heavy atom. The number of carbonyl (C=O) groups excluding carboxylic acids is 1. The number of carbonyl (C=O) groups is 1. The van der Waals surface area contributed by atoms with E-state index in [0.717, 1.165) is 5.57 Å². The minimum absolute atomic E-state index is 0.107. The van der Waals surface area contributed by atoms with E-state index in [4.69, 9.17) is 13.7 Å². The van der Waals surface area contributed by atoms with Gasteiger partial charge in [-0.15, -0.1) is 6.58 Å². The molecule has 3 rings (SSSR count). The summed E-state index contributed by atoms with van der Waals surface area (Å²) in [5, 5.41) is 1.53. The minimum atomic E-state index is -1.93. The predicted molar refractivity (Wildman–Crippen MR) is 105 cm³/mol. The molecule has 1 aromatic rings. The molecule has 2 aliphatic rings. The zero-order chi connectivity index (χ0) is 19.8. The average Bonchev–Trinajstić information content (AvgIpc) is 3.21. The largest absolute Gasteiger partial charge is 0.444 e. The number of fused-ring (bicyclic) bond motifs is 2. The standard InChI is InChI=1S/C19H29N3O4Si/c1-7-8-25-22-16-11-21(18(22)23)14(9-15(16)17-10-20-13-24-17)12-26-27(5,6)19(2,3)4/h7,9-10,13-14,16H,1,8,11-12H2,2-6H3/t14-,16+/m1/s1. The van der Waals surface area contributed by atoms with E-state index in [0.29, 0.717) is 18.9 Å². The molecule has 1 saturated heterocycles. The minimum Gasteiger partial charge on any atom is -0.444 e. The Balaban J connectivity index is 1.86. The van der Waals surface area contributed by atoms with Gasteiger partial charge >= 0.3 is 6.03 Å². The zero-order valence-corrected chi connectivity index (χ0v) is 17.8. The highest BCUT2D eigenvalue weighted by molar-refractivity contribution is 6.74. The lowest BCUT2D eigenvalue weighted by Crippen LogP contribution is -2.47. The SMILES string of the molecule is C=CCON1C(=O)N2C[C@H]1C(c1cnco1)=C[C@@H]2CO[Si](C)(C)C(C)(C)C. The Bertz CT molecular complexity index is 724.